The molecule has 2 rings (SSSR count). The molecule has 2 N–H and O–H groups in total. The molecular formula is C12H12N2O3. The van der Waals surface area contributed by atoms with E-state index in [4.69, 9.17) is 9.52 Å². The fourth-order valence-corrected chi connectivity index (χ4v) is 1.39. The minimum Gasteiger partial charge on any atom is -0.436 e. The predicted octanol–water partition coefficient (Wildman–Crippen LogP) is 0.950. The first kappa shape index (κ1) is 11.3. The summed E-state index contributed by atoms with van der Waals surface area (Å²) in [6.07, 6.45) is 2.14. The van der Waals surface area contributed by atoms with Crippen LogP contribution in [0.25, 0.3) is 16.7 Å². The maximum atomic E-state index is 10.9. The van der Waals surface area contributed by atoms with E-state index < -0.39 is 0 Å². The van der Waals surface area contributed by atoms with Gasteiger partial charge in [-0.25, -0.2) is 4.98 Å². The molecule has 0 unspecified atom stereocenters. The number of carbonyl (C=O) groups is 1. The summed E-state index contributed by atoms with van der Waals surface area (Å²) < 4.78 is 5.44. The zero-order chi connectivity index (χ0) is 12.1. The number of hydrogen-bond donors (Lipinski definition) is 2. The number of oxazole rings is 1. The molecule has 1 aromatic heterocycles. The summed E-state index contributed by atoms with van der Waals surface area (Å²) in [4.78, 5) is 15.1. The lowest BCUT2D eigenvalue weighted by Crippen LogP contribution is -2.11. The molecule has 0 aliphatic rings. The molecule has 0 amide bonds. The summed E-state index contributed by atoms with van der Waals surface area (Å²) in [6, 6.07) is 7.29. The van der Waals surface area contributed by atoms with Gasteiger partial charge in [0.1, 0.15) is 5.52 Å². The van der Waals surface area contributed by atoms with Gasteiger partial charge in [0.2, 0.25) is 5.89 Å². The molecular weight excluding hydrogens is 220 g/mol. The van der Waals surface area contributed by atoms with Crippen LogP contribution < -0.4 is 5.32 Å². The Labute approximate surface area is 97.8 Å². The number of hydrogen-bond acceptors (Lipinski definition) is 5. The van der Waals surface area contributed by atoms with Crippen LogP contribution in [0.5, 0.6) is 0 Å². The molecule has 1 heterocycles. The second-order valence-electron chi connectivity index (χ2n) is 3.38. The van der Waals surface area contributed by atoms with Crippen LogP contribution >= 0.6 is 0 Å². The molecule has 0 radical (unpaired) electrons. The third-order valence-corrected chi connectivity index (χ3v) is 2.18. The number of rotatable bonds is 5. The van der Waals surface area contributed by atoms with E-state index in [1.165, 1.54) is 6.20 Å². The van der Waals surface area contributed by atoms with Crippen molar-refractivity contribution in [2.75, 3.05) is 13.2 Å². The van der Waals surface area contributed by atoms with Crippen molar-refractivity contribution in [3.8, 4) is 0 Å². The van der Waals surface area contributed by atoms with Crippen LogP contribution in [0.15, 0.2) is 34.9 Å². The molecule has 0 spiro atoms. The third kappa shape index (κ3) is 2.51. The number of para-hydroxylation sites is 2. The number of aldehydes is 1. The molecule has 0 saturated heterocycles. The SMILES string of the molecule is O=C/C(=C\NCCO)c1nc2ccccc2o1. The number of aromatic nitrogens is 1. The Morgan fingerprint density at radius 1 is 1.47 bits per heavy atom. The van der Waals surface area contributed by atoms with Crippen LogP contribution in [0.1, 0.15) is 5.89 Å². The Bertz CT molecular complexity index is 512. The van der Waals surface area contributed by atoms with Crippen LogP contribution in [-0.4, -0.2) is 29.5 Å². The van der Waals surface area contributed by atoms with Crippen molar-refractivity contribution in [2.45, 2.75) is 0 Å². The van der Waals surface area contributed by atoms with Crippen molar-refractivity contribution in [3.63, 3.8) is 0 Å². The lowest BCUT2D eigenvalue weighted by Gasteiger charge is -1.96. The van der Waals surface area contributed by atoms with Gasteiger partial charge in [0.05, 0.1) is 12.2 Å². The van der Waals surface area contributed by atoms with E-state index in [-0.39, 0.29) is 12.5 Å². The highest BCUT2D eigenvalue weighted by atomic mass is 16.3. The van der Waals surface area contributed by atoms with Crippen molar-refractivity contribution >= 4 is 23.0 Å². The van der Waals surface area contributed by atoms with Gasteiger partial charge in [-0.05, 0) is 12.1 Å². The van der Waals surface area contributed by atoms with Crippen LogP contribution in [-0.2, 0) is 4.79 Å². The highest BCUT2D eigenvalue weighted by molar-refractivity contribution is 6.05. The molecule has 0 atom stereocenters. The second-order valence-corrected chi connectivity index (χ2v) is 3.38. The van der Waals surface area contributed by atoms with E-state index >= 15 is 0 Å². The Morgan fingerprint density at radius 3 is 3.00 bits per heavy atom. The van der Waals surface area contributed by atoms with E-state index in [0.717, 1.165) is 0 Å². The van der Waals surface area contributed by atoms with Crippen LogP contribution in [0.4, 0.5) is 0 Å². The van der Waals surface area contributed by atoms with Crippen LogP contribution in [0.2, 0.25) is 0 Å². The number of aliphatic hydroxyl groups excluding tert-OH is 1. The van der Waals surface area contributed by atoms with Gasteiger partial charge in [-0.1, -0.05) is 12.1 Å². The van der Waals surface area contributed by atoms with Crippen molar-refractivity contribution in [1.29, 1.82) is 0 Å². The lowest BCUT2D eigenvalue weighted by atomic mass is 10.3. The third-order valence-electron chi connectivity index (χ3n) is 2.18. The van der Waals surface area contributed by atoms with Gasteiger partial charge in [-0.3, -0.25) is 4.79 Å². The zero-order valence-electron chi connectivity index (χ0n) is 9.09. The van der Waals surface area contributed by atoms with E-state index in [9.17, 15) is 4.79 Å². The fraction of sp³-hybridized carbons (Fsp3) is 0.167. The molecule has 0 aliphatic heterocycles. The summed E-state index contributed by atoms with van der Waals surface area (Å²) in [5, 5.41) is 11.4. The Balaban J connectivity index is 2.30. The largest absolute Gasteiger partial charge is 0.436 e. The lowest BCUT2D eigenvalue weighted by molar-refractivity contribution is -0.103. The average Bonchev–Trinajstić information content (AvgIpc) is 2.78. The van der Waals surface area contributed by atoms with Gasteiger partial charge in [0, 0.05) is 12.7 Å². The van der Waals surface area contributed by atoms with E-state index in [2.05, 4.69) is 10.3 Å². The number of nitrogens with zero attached hydrogens (tertiary/aromatic N) is 1. The quantitative estimate of drug-likeness (QED) is 0.456. The number of carbonyl (C=O) groups excluding carboxylic acids is 1. The van der Waals surface area contributed by atoms with Crippen molar-refractivity contribution in [3.05, 3.63) is 36.4 Å². The fourth-order valence-electron chi connectivity index (χ4n) is 1.39. The Hall–Kier alpha value is -2.14. The van der Waals surface area contributed by atoms with Crippen LogP contribution in [0, 0.1) is 0 Å². The first-order chi connectivity index (χ1) is 8.35. The number of aliphatic hydroxyl groups is 1. The van der Waals surface area contributed by atoms with Gasteiger partial charge < -0.3 is 14.8 Å². The molecule has 0 saturated carbocycles. The summed E-state index contributed by atoms with van der Waals surface area (Å²) >= 11 is 0. The van der Waals surface area contributed by atoms with Gasteiger partial charge in [-0.15, -0.1) is 0 Å². The first-order valence-corrected chi connectivity index (χ1v) is 5.20. The van der Waals surface area contributed by atoms with Gasteiger partial charge in [0.25, 0.3) is 0 Å². The highest BCUT2D eigenvalue weighted by Crippen LogP contribution is 2.18. The molecule has 0 aliphatic carbocycles. The predicted molar refractivity (Wildman–Crippen MR) is 63.1 cm³/mol. The smallest absolute Gasteiger partial charge is 0.232 e. The topological polar surface area (TPSA) is 75.4 Å². The Kier molecular flexibility index (Phi) is 3.52. The van der Waals surface area contributed by atoms with Crippen molar-refractivity contribution in [1.82, 2.24) is 10.3 Å². The zero-order valence-corrected chi connectivity index (χ0v) is 9.09. The van der Waals surface area contributed by atoms with Crippen molar-refractivity contribution < 1.29 is 14.3 Å². The maximum absolute atomic E-state index is 10.9. The maximum Gasteiger partial charge on any atom is 0.232 e. The summed E-state index contributed by atoms with van der Waals surface area (Å²) in [5.41, 5.74) is 1.66. The van der Waals surface area contributed by atoms with E-state index in [1.54, 1.807) is 6.07 Å². The minimum atomic E-state index is -0.00377. The normalized spacial score (nSPS) is 11.7. The molecule has 0 fully saturated rings. The number of benzene rings is 1. The Morgan fingerprint density at radius 2 is 2.29 bits per heavy atom. The molecule has 0 bridgehead atoms. The van der Waals surface area contributed by atoms with E-state index in [0.29, 0.717) is 29.5 Å². The molecule has 2 aromatic rings. The highest BCUT2D eigenvalue weighted by Gasteiger charge is 2.09. The standard InChI is InChI=1S/C12H12N2O3/c15-6-5-13-7-9(8-16)12-14-10-3-1-2-4-11(10)17-12/h1-4,7-8,13,15H,5-6H2/b9-7+. The minimum absolute atomic E-state index is 0.00377. The second kappa shape index (κ2) is 5.27. The number of fused-ring (bicyclic) bond motifs is 1. The van der Waals surface area contributed by atoms with E-state index in [1.807, 2.05) is 18.2 Å². The average molecular weight is 232 g/mol. The number of allylic oxidation sites excluding steroid dienone is 1. The molecule has 5 heteroatoms. The molecule has 88 valence electrons. The summed E-state index contributed by atoms with van der Waals surface area (Å²) in [5.74, 6) is 0.270. The number of nitrogens with one attached hydrogen (secondary N) is 1. The summed E-state index contributed by atoms with van der Waals surface area (Å²) in [6.45, 7) is 0.369. The molecule has 1 aromatic carbocycles. The first-order valence-electron chi connectivity index (χ1n) is 5.20. The van der Waals surface area contributed by atoms with Crippen molar-refractivity contribution in [2.24, 2.45) is 0 Å². The van der Waals surface area contributed by atoms with Crippen LogP contribution in [0.3, 0.4) is 0 Å². The van der Waals surface area contributed by atoms with Gasteiger partial charge in [-0.2, -0.15) is 0 Å². The van der Waals surface area contributed by atoms with Gasteiger partial charge >= 0.3 is 0 Å². The monoisotopic (exact) mass is 232 g/mol. The van der Waals surface area contributed by atoms with Gasteiger partial charge in [0.15, 0.2) is 11.9 Å². The molecule has 5 nitrogen and oxygen atoms in total. The summed E-state index contributed by atoms with van der Waals surface area (Å²) in [7, 11) is 0. The molecule has 17 heavy (non-hydrogen) atoms.